The Kier molecular flexibility index (Phi) is 5.43. The second-order valence-electron chi connectivity index (χ2n) is 4.80. The van der Waals surface area contributed by atoms with Gasteiger partial charge in [-0.1, -0.05) is 36.0 Å². The second-order valence-corrected chi connectivity index (χ2v) is 7.29. The molecule has 1 N–H and O–H groups in total. The molecule has 0 aromatic heterocycles. The third kappa shape index (κ3) is 4.30. The fourth-order valence-electron chi connectivity index (χ4n) is 2.20. The largest absolute Gasteiger partial charge is 0.324 e. The van der Waals surface area contributed by atoms with Crippen LogP contribution >= 0.6 is 35.0 Å². The van der Waals surface area contributed by atoms with Crippen molar-refractivity contribution in [1.29, 1.82) is 0 Å². The number of nitrogens with one attached hydrogen (secondary N) is 1. The molecule has 0 aliphatic heterocycles. The highest BCUT2D eigenvalue weighted by molar-refractivity contribution is 8.01. The number of hydrogen-bond donors (Lipinski definition) is 1. The Balaban J connectivity index is 1.92. The monoisotopic (exact) mass is 317 g/mol. The lowest BCUT2D eigenvalue weighted by Gasteiger charge is -2.16. The van der Waals surface area contributed by atoms with Gasteiger partial charge >= 0.3 is 0 Å². The van der Waals surface area contributed by atoms with Gasteiger partial charge in [0.25, 0.3) is 0 Å². The molecule has 1 saturated carbocycles. The first-order chi connectivity index (χ1) is 9.06. The maximum Gasteiger partial charge on any atom is 0.237 e. The first kappa shape index (κ1) is 15.0. The van der Waals surface area contributed by atoms with E-state index in [0.29, 0.717) is 21.0 Å². The van der Waals surface area contributed by atoms with Crippen LogP contribution in [0, 0.1) is 0 Å². The molecule has 1 aliphatic rings. The van der Waals surface area contributed by atoms with E-state index in [1.807, 2.05) is 6.92 Å². The van der Waals surface area contributed by atoms with E-state index in [2.05, 4.69) is 5.32 Å². The Morgan fingerprint density at radius 3 is 2.68 bits per heavy atom. The minimum absolute atomic E-state index is 0.00104. The summed E-state index contributed by atoms with van der Waals surface area (Å²) in [6.45, 7) is 1.95. The van der Waals surface area contributed by atoms with Crippen molar-refractivity contribution in [2.75, 3.05) is 5.32 Å². The highest BCUT2D eigenvalue weighted by atomic mass is 35.5. The number of amides is 1. The van der Waals surface area contributed by atoms with Crippen LogP contribution in [0.3, 0.4) is 0 Å². The molecule has 1 fully saturated rings. The zero-order valence-corrected chi connectivity index (χ0v) is 13.1. The number of halogens is 2. The average Bonchev–Trinajstić information content (AvgIpc) is 2.85. The van der Waals surface area contributed by atoms with Crippen LogP contribution in [0.25, 0.3) is 0 Å². The molecule has 104 valence electrons. The minimum Gasteiger partial charge on any atom is -0.324 e. The molecule has 1 atom stereocenters. The third-order valence-electron chi connectivity index (χ3n) is 3.26. The summed E-state index contributed by atoms with van der Waals surface area (Å²) in [6.07, 6.45) is 5.03. The Morgan fingerprint density at radius 2 is 2.05 bits per heavy atom. The number of anilines is 1. The molecule has 2 nitrogen and oxygen atoms in total. The first-order valence-corrected chi connectivity index (χ1v) is 8.17. The van der Waals surface area contributed by atoms with Crippen LogP contribution in [-0.4, -0.2) is 16.4 Å². The van der Waals surface area contributed by atoms with Crippen molar-refractivity contribution in [3.05, 3.63) is 28.2 Å². The smallest absolute Gasteiger partial charge is 0.237 e. The van der Waals surface area contributed by atoms with E-state index in [4.69, 9.17) is 23.2 Å². The Morgan fingerprint density at radius 1 is 1.37 bits per heavy atom. The molecule has 0 spiro atoms. The van der Waals surface area contributed by atoms with Crippen molar-refractivity contribution in [3.63, 3.8) is 0 Å². The van der Waals surface area contributed by atoms with E-state index in [1.165, 1.54) is 25.7 Å². The number of hydrogen-bond acceptors (Lipinski definition) is 2. The maximum atomic E-state index is 12.1. The van der Waals surface area contributed by atoms with Gasteiger partial charge < -0.3 is 5.32 Å². The summed E-state index contributed by atoms with van der Waals surface area (Å²) < 4.78 is 0. The number of benzene rings is 1. The van der Waals surface area contributed by atoms with Crippen molar-refractivity contribution < 1.29 is 4.79 Å². The number of thioether (sulfide) groups is 1. The molecule has 1 aromatic rings. The van der Waals surface area contributed by atoms with E-state index < -0.39 is 0 Å². The van der Waals surface area contributed by atoms with Crippen molar-refractivity contribution >= 4 is 46.6 Å². The minimum atomic E-state index is -0.0603. The summed E-state index contributed by atoms with van der Waals surface area (Å²) in [4.78, 5) is 12.1. The van der Waals surface area contributed by atoms with Gasteiger partial charge in [0, 0.05) is 10.3 Å². The Hall–Kier alpha value is -0.380. The summed E-state index contributed by atoms with van der Waals surface area (Å²) in [5.74, 6) is 0.00104. The zero-order valence-electron chi connectivity index (χ0n) is 10.8. The summed E-state index contributed by atoms with van der Waals surface area (Å²) in [7, 11) is 0. The predicted molar refractivity (Wildman–Crippen MR) is 84.4 cm³/mol. The van der Waals surface area contributed by atoms with Crippen molar-refractivity contribution in [3.8, 4) is 0 Å². The van der Waals surface area contributed by atoms with Gasteiger partial charge in [-0.05, 0) is 38.0 Å². The molecule has 5 heteroatoms. The predicted octanol–water partition coefficient (Wildman–Crippen LogP) is 5.00. The molecule has 1 aliphatic carbocycles. The molecule has 0 bridgehead atoms. The third-order valence-corrected chi connectivity index (χ3v) is 5.28. The maximum absolute atomic E-state index is 12.1. The summed E-state index contributed by atoms with van der Waals surface area (Å²) in [5.41, 5.74) is 0.620. The van der Waals surface area contributed by atoms with Crippen molar-refractivity contribution in [2.24, 2.45) is 0 Å². The van der Waals surface area contributed by atoms with Crippen LogP contribution < -0.4 is 5.32 Å². The van der Waals surface area contributed by atoms with Crippen LogP contribution in [0.4, 0.5) is 5.69 Å². The lowest BCUT2D eigenvalue weighted by molar-refractivity contribution is -0.115. The van der Waals surface area contributed by atoms with Gasteiger partial charge in [-0.15, -0.1) is 11.8 Å². The van der Waals surface area contributed by atoms with E-state index in [9.17, 15) is 4.79 Å². The molecule has 1 unspecified atom stereocenters. The highest BCUT2D eigenvalue weighted by Crippen LogP contribution is 2.33. The lowest BCUT2D eigenvalue weighted by atomic mass is 10.3. The number of rotatable bonds is 4. The van der Waals surface area contributed by atoms with Crippen LogP contribution in [-0.2, 0) is 4.79 Å². The molecule has 0 heterocycles. The molecule has 1 aromatic carbocycles. The van der Waals surface area contributed by atoms with Gasteiger partial charge in [0.15, 0.2) is 0 Å². The standard InChI is InChI=1S/C14H17Cl2NOS/c1-9(19-11-4-2-3-5-11)14(18)17-13-7-6-10(15)8-12(13)16/h6-9,11H,2-5H2,1H3,(H,17,18). The van der Waals surface area contributed by atoms with Gasteiger partial charge in [-0.25, -0.2) is 0 Å². The van der Waals surface area contributed by atoms with Gasteiger partial charge in [0.1, 0.15) is 0 Å². The van der Waals surface area contributed by atoms with Crippen LogP contribution in [0.2, 0.25) is 10.0 Å². The number of carbonyl (C=O) groups excluding carboxylic acids is 1. The fraction of sp³-hybridized carbons (Fsp3) is 0.500. The fourth-order valence-corrected chi connectivity index (χ4v) is 4.02. The van der Waals surface area contributed by atoms with E-state index >= 15 is 0 Å². The topological polar surface area (TPSA) is 29.1 Å². The Labute approximate surface area is 128 Å². The average molecular weight is 318 g/mol. The van der Waals surface area contributed by atoms with Gasteiger partial charge in [-0.3, -0.25) is 4.79 Å². The van der Waals surface area contributed by atoms with E-state index in [0.717, 1.165) is 0 Å². The van der Waals surface area contributed by atoms with Gasteiger partial charge in [0.05, 0.1) is 16.0 Å². The summed E-state index contributed by atoms with van der Waals surface area (Å²) >= 11 is 13.6. The molecule has 2 rings (SSSR count). The zero-order chi connectivity index (χ0) is 13.8. The SMILES string of the molecule is CC(SC1CCCC1)C(=O)Nc1ccc(Cl)cc1Cl. The summed E-state index contributed by atoms with van der Waals surface area (Å²) in [6, 6.07) is 5.08. The molecule has 19 heavy (non-hydrogen) atoms. The first-order valence-electron chi connectivity index (χ1n) is 6.47. The quantitative estimate of drug-likeness (QED) is 0.847. The van der Waals surface area contributed by atoms with Crippen LogP contribution in [0.5, 0.6) is 0 Å². The molecular formula is C14H17Cl2NOS. The summed E-state index contributed by atoms with van der Waals surface area (Å²) in [5, 5.41) is 4.46. The number of carbonyl (C=O) groups is 1. The molecule has 0 radical (unpaired) electrons. The molecular weight excluding hydrogens is 301 g/mol. The highest BCUT2D eigenvalue weighted by Gasteiger charge is 2.22. The van der Waals surface area contributed by atoms with Gasteiger partial charge in [-0.2, -0.15) is 0 Å². The van der Waals surface area contributed by atoms with Crippen molar-refractivity contribution in [2.45, 2.75) is 43.1 Å². The Bertz CT molecular complexity index is 461. The van der Waals surface area contributed by atoms with Crippen molar-refractivity contribution in [1.82, 2.24) is 0 Å². The van der Waals surface area contributed by atoms with Gasteiger partial charge in [0.2, 0.25) is 5.91 Å². The lowest BCUT2D eigenvalue weighted by Crippen LogP contribution is -2.24. The molecule has 0 saturated heterocycles. The van der Waals surface area contributed by atoms with Crippen LogP contribution in [0.1, 0.15) is 32.6 Å². The normalized spacial score (nSPS) is 17.4. The second kappa shape index (κ2) is 6.87. The molecule has 1 amide bonds. The van der Waals surface area contributed by atoms with Crippen LogP contribution in [0.15, 0.2) is 18.2 Å². The van der Waals surface area contributed by atoms with E-state index in [-0.39, 0.29) is 11.2 Å². The van der Waals surface area contributed by atoms with E-state index in [1.54, 1.807) is 30.0 Å².